The van der Waals surface area contributed by atoms with E-state index in [1.165, 1.54) is 6.07 Å². The smallest absolute Gasteiger partial charge is 0.296 e. The van der Waals surface area contributed by atoms with Gasteiger partial charge in [-0.3, -0.25) is 13.9 Å². The molecule has 0 unspecified atom stereocenters. The number of nitrogen functional groups attached to an aromatic ring is 1. The molecule has 47 heavy (non-hydrogen) atoms. The van der Waals surface area contributed by atoms with Crippen molar-refractivity contribution in [3.63, 3.8) is 0 Å². The Hall–Kier alpha value is -5.10. The molecule has 0 aliphatic rings. The molecule has 4 rings (SSSR count). The van der Waals surface area contributed by atoms with E-state index in [4.69, 9.17) is 16.0 Å². The van der Waals surface area contributed by atoms with Crippen molar-refractivity contribution in [1.82, 2.24) is 0 Å². The second-order valence-corrected chi connectivity index (χ2v) is 13.0. The van der Waals surface area contributed by atoms with E-state index in [0.29, 0.717) is 23.0 Å². The molecule has 4 aromatic rings. The molecule has 1 amide bonds. The van der Waals surface area contributed by atoms with E-state index in [2.05, 4.69) is 25.6 Å². The molecule has 0 saturated heterocycles. The molecule has 0 saturated carbocycles. The van der Waals surface area contributed by atoms with E-state index in [9.17, 15) is 35.8 Å². The average molecular weight is 684 g/mol. The van der Waals surface area contributed by atoms with E-state index in [1.54, 1.807) is 25.1 Å². The molecular weight excluding hydrogens is 654 g/mol. The maximum atomic E-state index is 12.3. The van der Waals surface area contributed by atoms with Crippen LogP contribution in [0.25, 0.3) is 32.3 Å². The van der Waals surface area contributed by atoms with Gasteiger partial charge in [0.1, 0.15) is 15.5 Å². The summed E-state index contributed by atoms with van der Waals surface area (Å²) >= 11 is 0. The summed E-state index contributed by atoms with van der Waals surface area (Å²) in [6.07, 6.45) is 0.133. The predicted molar refractivity (Wildman–Crippen MR) is 173 cm³/mol. The van der Waals surface area contributed by atoms with Crippen molar-refractivity contribution in [2.45, 2.75) is 30.1 Å². The van der Waals surface area contributed by atoms with Crippen LogP contribution in [0, 0.1) is 13.8 Å². The number of ether oxygens (including phenoxy) is 1. The summed E-state index contributed by atoms with van der Waals surface area (Å²) < 4.78 is 72.0. The second kappa shape index (κ2) is 14.1. The van der Waals surface area contributed by atoms with Crippen LogP contribution in [0.1, 0.15) is 17.5 Å². The van der Waals surface area contributed by atoms with Gasteiger partial charge >= 0.3 is 0 Å². The first kappa shape index (κ1) is 34.8. The normalized spacial score (nSPS) is 11.9. The van der Waals surface area contributed by atoms with Crippen LogP contribution >= 0.6 is 0 Å². The minimum absolute atomic E-state index is 0.133. The first-order chi connectivity index (χ1) is 22.1. The molecule has 246 valence electrons. The summed E-state index contributed by atoms with van der Waals surface area (Å²) in [6.45, 7) is 4.24. The zero-order chi connectivity index (χ0) is 34.5. The van der Waals surface area contributed by atoms with Gasteiger partial charge in [0.15, 0.2) is 5.75 Å². The molecule has 0 aliphatic heterocycles. The highest BCUT2D eigenvalue weighted by Crippen LogP contribution is 2.44. The van der Waals surface area contributed by atoms with E-state index >= 15 is 0 Å². The number of aromatic hydroxyl groups is 1. The number of carbonyl (C=O) groups is 1. The number of azo groups is 1. The molecule has 0 bridgehead atoms. The van der Waals surface area contributed by atoms with Crippen LogP contribution in [-0.4, -0.2) is 56.7 Å². The summed E-state index contributed by atoms with van der Waals surface area (Å²) in [6, 6.07) is 13.7. The van der Waals surface area contributed by atoms with Crippen molar-refractivity contribution in [3.8, 4) is 16.9 Å². The highest BCUT2D eigenvalue weighted by molar-refractivity contribution is 7.87. The zero-order valence-electron chi connectivity index (χ0n) is 24.9. The van der Waals surface area contributed by atoms with Crippen LogP contribution in [0.15, 0.2) is 79.7 Å². The molecule has 4 aromatic carbocycles. The summed E-state index contributed by atoms with van der Waals surface area (Å²) in [5.74, 6) is -0.956. The number of phenols is 1. The van der Waals surface area contributed by atoms with Crippen molar-refractivity contribution < 1.29 is 40.6 Å². The molecule has 16 nitrogen and oxygen atoms in total. The molecule has 0 radical (unpaired) electrons. The minimum Gasteiger partial charge on any atom is -0.505 e. The molecule has 0 aliphatic carbocycles. The minimum atomic E-state index is -5.04. The quantitative estimate of drug-likeness (QED) is 0.0291. The Kier molecular flexibility index (Phi) is 10.4. The molecule has 0 fully saturated rings. The van der Waals surface area contributed by atoms with Crippen LogP contribution < -0.4 is 11.1 Å². The number of rotatable bonds is 12. The Labute approximate surface area is 269 Å². The first-order valence-corrected chi connectivity index (χ1v) is 16.5. The molecule has 0 aromatic heterocycles. The molecule has 6 N–H and O–H groups in total. The summed E-state index contributed by atoms with van der Waals surface area (Å²) in [5.41, 5.74) is 17.6. The van der Waals surface area contributed by atoms with Gasteiger partial charge in [-0.1, -0.05) is 23.3 Å². The number of benzene rings is 4. The highest BCUT2D eigenvalue weighted by Gasteiger charge is 2.26. The number of nitrogens with zero attached hydrogens (tertiary/aromatic N) is 5. The lowest BCUT2D eigenvalue weighted by Crippen LogP contribution is -2.15. The fourth-order valence-electron chi connectivity index (χ4n) is 4.63. The van der Waals surface area contributed by atoms with Crippen LogP contribution in [0.5, 0.6) is 5.75 Å². The van der Waals surface area contributed by atoms with Crippen molar-refractivity contribution in [2.75, 3.05) is 30.8 Å². The Balaban J connectivity index is 1.56. The fraction of sp³-hybridized carbons (Fsp3) is 0.207. The Morgan fingerprint density at radius 2 is 1.51 bits per heavy atom. The van der Waals surface area contributed by atoms with Gasteiger partial charge in [-0.15, -0.1) is 5.11 Å². The van der Waals surface area contributed by atoms with Crippen molar-refractivity contribution in [3.05, 3.63) is 76.2 Å². The molecule has 0 spiro atoms. The number of nitrogens with one attached hydrogen (secondary N) is 1. The van der Waals surface area contributed by atoms with Crippen LogP contribution in [0.2, 0.25) is 0 Å². The van der Waals surface area contributed by atoms with E-state index in [1.807, 2.05) is 25.1 Å². The average Bonchev–Trinajstić information content (AvgIpc) is 2.99. The van der Waals surface area contributed by atoms with Gasteiger partial charge < -0.3 is 20.9 Å². The summed E-state index contributed by atoms with van der Waals surface area (Å²) in [7, 11) is -10.0. The number of anilines is 2. The van der Waals surface area contributed by atoms with Crippen LogP contribution in [0.3, 0.4) is 0 Å². The Morgan fingerprint density at radius 3 is 2.13 bits per heavy atom. The highest BCUT2D eigenvalue weighted by atomic mass is 32.2. The number of azide groups is 1. The number of hydrogen-bond acceptors (Lipinski definition) is 11. The van der Waals surface area contributed by atoms with Crippen molar-refractivity contribution in [2.24, 2.45) is 15.3 Å². The van der Waals surface area contributed by atoms with Crippen LogP contribution in [0.4, 0.5) is 22.7 Å². The first-order valence-electron chi connectivity index (χ1n) is 13.7. The van der Waals surface area contributed by atoms with Gasteiger partial charge in [-0.05, 0) is 78.0 Å². The Bertz CT molecular complexity index is 2180. The number of aryl methyl sites for hydroxylation is 2. The predicted octanol–water partition coefficient (Wildman–Crippen LogP) is 5.98. The van der Waals surface area contributed by atoms with E-state index in [0.717, 1.165) is 22.8 Å². The maximum absolute atomic E-state index is 12.3. The van der Waals surface area contributed by atoms with E-state index < -0.39 is 46.9 Å². The Morgan fingerprint density at radius 1 is 0.894 bits per heavy atom. The lowest BCUT2D eigenvalue weighted by molar-refractivity contribution is -0.117. The third kappa shape index (κ3) is 8.20. The van der Waals surface area contributed by atoms with E-state index in [-0.39, 0.29) is 43.2 Å². The molecule has 18 heteroatoms. The maximum Gasteiger partial charge on any atom is 0.296 e. The van der Waals surface area contributed by atoms with Crippen molar-refractivity contribution >= 4 is 59.7 Å². The SMILES string of the molecule is Cc1cc(-c2ccc(NC(=O)CCOCCN=[N+]=[N-])c(C)c2)ccc1N=Nc1ccc2c(S(=O)(=O)O)cc(S(=O)(=O)O)c(N)c2c1O. The van der Waals surface area contributed by atoms with Gasteiger partial charge in [-0.25, -0.2) is 0 Å². The van der Waals surface area contributed by atoms with Gasteiger partial charge in [0.05, 0.1) is 36.4 Å². The number of hydrogen-bond donors (Lipinski definition) is 5. The van der Waals surface area contributed by atoms with Gasteiger partial charge in [0.25, 0.3) is 20.2 Å². The third-order valence-electron chi connectivity index (χ3n) is 6.94. The third-order valence-corrected chi connectivity index (χ3v) is 8.73. The van der Waals surface area contributed by atoms with Crippen LogP contribution in [-0.2, 0) is 29.8 Å². The van der Waals surface area contributed by atoms with Gasteiger partial charge in [0.2, 0.25) is 5.91 Å². The summed E-state index contributed by atoms with van der Waals surface area (Å²) in [4.78, 5) is 13.0. The second-order valence-electron chi connectivity index (χ2n) is 10.2. The number of carbonyl (C=O) groups excluding carboxylic acids is 1. The van der Waals surface area contributed by atoms with Gasteiger partial charge in [0, 0.05) is 22.5 Å². The summed E-state index contributed by atoms with van der Waals surface area (Å²) in [5, 5.41) is 24.5. The number of phenolic OH excluding ortho intramolecular Hbond substituents is 1. The zero-order valence-corrected chi connectivity index (χ0v) is 26.6. The number of nitrogens with two attached hydrogens (primary N) is 1. The number of amides is 1. The molecular formula is C29H29N7O9S2. The largest absolute Gasteiger partial charge is 0.505 e. The standard InChI is InChI=1S/C29H29N7O9S2/c1-16-13-18(3-6-21(16)33-26(37)9-11-45-12-10-32-36-31)19-4-7-22(17(2)14-19)34-35-23-8-5-20-24(46(39,40)41)15-25(47(42,43)44)28(30)27(20)29(23)38/h3-8,13-15,38H,9-12,30H2,1-2H3,(H,33,37)(H,39,40,41)(H,42,43,44). The topological polar surface area (TPSA) is 267 Å². The monoisotopic (exact) mass is 683 g/mol. The lowest BCUT2D eigenvalue weighted by atomic mass is 10.00. The lowest BCUT2D eigenvalue weighted by Gasteiger charge is -2.13. The molecule has 0 heterocycles. The van der Waals surface area contributed by atoms with Crippen molar-refractivity contribution in [1.29, 1.82) is 0 Å². The van der Waals surface area contributed by atoms with Gasteiger partial charge in [-0.2, -0.15) is 21.9 Å². The number of fused-ring (bicyclic) bond motifs is 1. The molecule has 0 atom stereocenters. The fourth-order valence-corrected chi connectivity index (χ4v) is 6.07.